The number of nitrogens with zero attached hydrogens (tertiary/aromatic N) is 4. The molecule has 0 fully saturated rings. The zero-order valence-electron chi connectivity index (χ0n) is 15.4. The summed E-state index contributed by atoms with van der Waals surface area (Å²) in [6, 6.07) is 12.9. The lowest BCUT2D eigenvalue weighted by Gasteiger charge is -2.06. The third kappa shape index (κ3) is 3.73. The number of ether oxygens (including phenoxy) is 1. The normalized spacial score (nSPS) is 12.2. The summed E-state index contributed by atoms with van der Waals surface area (Å²) in [5, 5.41) is 4.82. The van der Waals surface area contributed by atoms with E-state index < -0.39 is 17.5 Å². The molecule has 0 saturated heterocycles. The maximum atomic E-state index is 13.4. The topological polar surface area (TPSA) is 69.4 Å². The zero-order valence-corrected chi connectivity index (χ0v) is 16.2. The van der Waals surface area contributed by atoms with Crippen molar-refractivity contribution >= 4 is 16.3 Å². The molecule has 4 rings (SSSR count). The number of alkyl halides is 1. The number of hydrogen-bond acceptors (Lipinski definition) is 5. The van der Waals surface area contributed by atoms with Crippen molar-refractivity contribution in [3.63, 3.8) is 0 Å². The summed E-state index contributed by atoms with van der Waals surface area (Å²) in [4.78, 5) is 8.47. The summed E-state index contributed by atoms with van der Waals surface area (Å²) in [5.41, 5.74) is 3.03. The molecule has 0 aliphatic carbocycles. The second-order valence-corrected chi connectivity index (χ2v) is 7.38. The van der Waals surface area contributed by atoms with E-state index in [2.05, 4.69) is 15.1 Å². The zero-order chi connectivity index (χ0) is 20.4. The van der Waals surface area contributed by atoms with Gasteiger partial charge in [0.1, 0.15) is 24.8 Å². The molecule has 9 heteroatoms. The molecule has 0 radical (unpaired) electrons. The van der Waals surface area contributed by atoms with Gasteiger partial charge < -0.3 is 4.74 Å². The van der Waals surface area contributed by atoms with Gasteiger partial charge in [-0.3, -0.25) is 4.21 Å². The van der Waals surface area contributed by atoms with Gasteiger partial charge in [0.15, 0.2) is 0 Å². The number of pyridine rings is 1. The Balaban J connectivity index is 1.99. The third-order valence-corrected chi connectivity index (χ3v) is 4.93. The van der Waals surface area contributed by atoms with Crippen LogP contribution in [0.3, 0.4) is 0 Å². The smallest absolute Gasteiger partial charge is 0.218 e. The molecule has 148 valence electrons. The molecule has 0 aliphatic heterocycles. The van der Waals surface area contributed by atoms with Gasteiger partial charge in [0.25, 0.3) is 0 Å². The van der Waals surface area contributed by atoms with Gasteiger partial charge in [0, 0.05) is 24.1 Å². The lowest BCUT2D eigenvalue weighted by Crippen LogP contribution is -2.03. The van der Waals surface area contributed by atoms with Gasteiger partial charge in [-0.05, 0) is 36.4 Å². The molecule has 1 atom stereocenters. The maximum Gasteiger partial charge on any atom is 0.218 e. The Morgan fingerprint density at radius 2 is 1.93 bits per heavy atom. The van der Waals surface area contributed by atoms with Crippen LogP contribution < -0.4 is 4.74 Å². The molecule has 0 spiro atoms. The van der Waals surface area contributed by atoms with Gasteiger partial charge in [0.05, 0.1) is 27.6 Å². The summed E-state index contributed by atoms with van der Waals surface area (Å²) in [6.07, 6.45) is 3.03. The van der Waals surface area contributed by atoms with E-state index in [9.17, 15) is 13.0 Å². The molecule has 0 saturated carbocycles. The first-order chi connectivity index (χ1) is 14.1. The highest BCUT2D eigenvalue weighted by Gasteiger charge is 2.20. The van der Waals surface area contributed by atoms with Crippen molar-refractivity contribution < 1.29 is 17.7 Å². The van der Waals surface area contributed by atoms with Crippen LogP contribution in [0.5, 0.6) is 5.88 Å². The van der Waals surface area contributed by atoms with Crippen LogP contribution in [0.4, 0.5) is 8.78 Å². The van der Waals surface area contributed by atoms with Crippen LogP contribution in [0.2, 0.25) is 0 Å². The van der Waals surface area contributed by atoms with Crippen molar-refractivity contribution in [1.82, 2.24) is 19.6 Å². The van der Waals surface area contributed by atoms with Gasteiger partial charge in [-0.2, -0.15) is 9.61 Å². The van der Waals surface area contributed by atoms with Gasteiger partial charge in [0.2, 0.25) is 11.0 Å². The van der Waals surface area contributed by atoms with E-state index in [0.29, 0.717) is 33.9 Å². The molecule has 3 heterocycles. The molecule has 29 heavy (non-hydrogen) atoms. The molecule has 6 nitrogen and oxygen atoms in total. The van der Waals surface area contributed by atoms with Crippen LogP contribution >= 0.6 is 0 Å². The molecule has 0 bridgehead atoms. The maximum absolute atomic E-state index is 13.4. The average Bonchev–Trinajstić information content (AvgIpc) is 3.13. The van der Waals surface area contributed by atoms with E-state index in [4.69, 9.17) is 4.74 Å². The second-order valence-electron chi connectivity index (χ2n) is 6.11. The fraction of sp³-hybridized carbons (Fsp3) is 0.150. The van der Waals surface area contributed by atoms with Crippen LogP contribution in [0.1, 0.15) is 0 Å². The van der Waals surface area contributed by atoms with Crippen LogP contribution in [-0.2, 0) is 10.8 Å². The number of aromatic nitrogens is 4. The molecule has 0 aliphatic rings. The first-order valence-electron chi connectivity index (χ1n) is 8.72. The summed E-state index contributed by atoms with van der Waals surface area (Å²) in [7, 11) is -1.36. The molecular formula is C20H16F2N4O2S. The molecular weight excluding hydrogens is 398 g/mol. The summed E-state index contributed by atoms with van der Waals surface area (Å²) in [5.74, 6) is -0.000145. The van der Waals surface area contributed by atoms with Gasteiger partial charge >= 0.3 is 0 Å². The van der Waals surface area contributed by atoms with Crippen molar-refractivity contribution in [2.75, 3.05) is 19.5 Å². The number of rotatable bonds is 6. The second kappa shape index (κ2) is 8.04. The minimum absolute atomic E-state index is 0.105. The standard InChI is InChI=1S/C20H16F2N4O2S/c1-29(27)20-23-11-9-15(24-20)18-16-3-2-4-17(28-12-10-21)26(16)25-19(18)13-5-7-14(22)8-6-13/h2-9,11H,10,12H2,1H3. The number of benzene rings is 1. The SMILES string of the molecule is CS(=O)c1nccc(-c2c(-c3ccc(F)cc3)nn3c(OCCF)cccc23)n1. The van der Waals surface area contributed by atoms with E-state index in [1.54, 1.807) is 34.8 Å². The minimum atomic E-state index is -1.36. The van der Waals surface area contributed by atoms with E-state index in [0.717, 1.165) is 0 Å². The minimum Gasteiger partial charge on any atom is -0.475 e. The Morgan fingerprint density at radius 1 is 1.14 bits per heavy atom. The Morgan fingerprint density at radius 3 is 2.66 bits per heavy atom. The van der Waals surface area contributed by atoms with Gasteiger partial charge in [-0.15, -0.1) is 0 Å². The monoisotopic (exact) mass is 414 g/mol. The highest BCUT2D eigenvalue weighted by molar-refractivity contribution is 7.84. The Labute approximate surface area is 167 Å². The number of halogens is 2. The fourth-order valence-corrected chi connectivity index (χ4v) is 3.41. The Kier molecular flexibility index (Phi) is 5.30. The Hall–Kier alpha value is -3.20. The molecule has 4 aromatic rings. The van der Waals surface area contributed by atoms with Crippen molar-refractivity contribution in [2.45, 2.75) is 5.16 Å². The number of hydrogen-bond donors (Lipinski definition) is 0. The van der Waals surface area contributed by atoms with Gasteiger partial charge in [-0.25, -0.2) is 18.7 Å². The summed E-state index contributed by atoms with van der Waals surface area (Å²) in [6.45, 7) is -0.737. The van der Waals surface area contributed by atoms with Crippen molar-refractivity contribution in [2.24, 2.45) is 0 Å². The van der Waals surface area contributed by atoms with Crippen LogP contribution in [-0.4, -0.2) is 43.3 Å². The fourth-order valence-electron chi connectivity index (χ4n) is 2.98. The van der Waals surface area contributed by atoms with Crippen molar-refractivity contribution in [3.05, 3.63) is 60.5 Å². The van der Waals surface area contributed by atoms with Crippen LogP contribution in [0.15, 0.2) is 59.9 Å². The summed E-state index contributed by atoms with van der Waals surface area (Å²) < 4.78 is 44.9. The predicted molar refractivity (Wildman–Crippen MR) is 105 cm³/mol. The molecule has 1 aromatic carbocycles. The van der Waals surface area contributed by atoms with E-state index in [1.807, 2.05) is 6.07 Å². The predicted octanol–water partition coefficient (Wildman–Crippen LogP) is 3.68. The highest BCUT2D eigenvalue weighted by Crippen LogP contribution is 2.36. The van der Waals surface area contributed by atoms with Gasteiger partial charge in [-0.1, -0.05) is 6.07 Å². The van der Waals surface area contributed by atoms with E-state index in [1.165, 1.54) is 24.6 Å². The average molecular weight is 414 g/mol. The lowest BCUT2D eigenvalue weighted by molar-refractivity contribution is 0.259. The molecule has 0 amide bonds. The first kappa shape index (κ1) is 19.1. The van der Waals surface area contributed by atoms with Crippen molar-refractivity contribution in [3.8, 4) is 28.4 Å². The number of fused-ring (bicyclic) bond motifs is 1. The molecule has 1 unspecified atom stereocenters. The Bertz CT molecular complexity index is 1200. The summed E-state index contributed by atoms with van der Waals surface area (Å²) >= 11 is 0. The molecule has 3 aromatic heterocycles. The first-order valence-corrected chi connectivity index (χ1v) is 10.3. The van der Waals surface area contributed by atoms with Crippen molar-refractivity contribution in [1.29, 1.82) is 0 Å². The molecule has 0 N–H and O–H groups in total. The lowest BCUT2D eigenvalue weighted by atomic mass is 10.0. The third-order valence-electron chi connectivity index (χ3n) is 4.21. The van der Waals surface area contributed by atoms with Crippen LogP contribution in [0.25, 0.3) is 28.0 Å². The quantitative estimate of drug-likeness (QED) is 0.450. The van der Waals surface area contributed by atoms with E-state index in [-0.39, 0.29) is 17.6 Å². The highest BCUT2D eigenvalue weighted by atomic mass is 32.2. The van der Waals surface area contributed by atoms with E-state index >= 15 is 0 Å². The van der Waals surface area contributed by atoms with Crippen LogP contribution in [0, 0.1) is 5.82 Å². The largest absolute Gasteiger partial charge is 0.475 e.